The predicted molar refractivity (Wildman–Crippen MR) is 153 cm³/mol. The summed E-state index contributed by atoms with van der Waals surface area (Å²) in [5, 5.41) is 7.96. The van der Waals surface area contributed by atoms with Gasteiger partial charge < -0.3 is 20.5 Å². The van der Waals surface area contributed by atoms with Crippen molar-refractivity contribution >= 4 is 17.2 Å². The number of nitrogens with zero attached hydrogens (tertiary/aromatic N) is 4. The van der Waals surface area contributed by atoms with Crippen LogP contribution in [0.2, 0.25) is 0 Å². The number of pyridine rings is 1. The van der Waals surface area contributed by atoms with Crippen molar-refractivity contribution in [3.8, 4) is 11.3 Å². The second kappa shape index (κ2) is 11.1. The van der Waals surface area contributed by atoms with Crippen molar-refractivity contribution in [1.29, 1.82) is 0 Å². The van der Waals surface area contributed by atoms with E-state index in [1.165, 1.54) is 12.1 Å². The smallest absolute Gasteiger partial charge is 0.229 e. The molecular formula is C31H36F2N6O2. The van der Waals surface area contributed by atoms with Crippen molar-refractivity contribution in [1.82, 2.24) is 19.6 Å². The summed E-state index contributed by atoms with van der Waals surface area (Å²) in [5.41, 5.74) is 8.88. The molecule has 2 aliphatic carbocycles. The van der Waals surface area contributed by atoms with Crippen molar-refractivity contribution in [3.63, 3.8) is 0 Å². The Kier molecular flexibility index (Phi) is 7.48. The number of benzene rings is 1. The number of fused-ring (bicyclic) bond motifs is 1. The van der Waals surface area contributed by atoms with Gasteiger partial charge in [-0.2, -0.15) is 9.61 Å². The van der Waals surface area contributed by atoms with Crippen LogP contribution in [0.4, 0.5) is 20.4 Å². The Morgan fingerprint density at radius 3 is 2.49 bits per heavy atom. The molecule has 2 saturated carbocycles. The fraction of sp³-hybridized carbons (Fsp3) is 0.452. The number of nitrogens with one attached hydrogen (secondary N) is 1. The SMILES string of the molecule is CO[C@H]1[C@H](N)C[C@H](c2ccncc2Nc2ncc3ccc(-c4c(F)cc(C5(OC)CCCC5)cc4F)nn23)C[C@@H]1C. The monoisotopic (exact) mass is 562 g/mol. The second-order valence-corrected chi connectivity index (χ2v) is 11.5. The normalized spacial score (nSPS) is 24.1. The van der Waals surface area contributed by atoms with Gasteiger partial charge in [0.2, 0.25) is 5.95 Å². The van der Waals surface area contributed by atoms with Crippen molar-refractivity contribution in [2.75, 3.05) is 19.5 Å². The van der Waals surface area contributed by atoms with Gasteiger partial charge in [-0.15, -0.1) is 0 Å². The average molecular weight is 563 g/mol. The first kappa shape index (κ1) is 27.7. The van der Waals surface area contributed by atoms with Crippen LogP contribution in [0, 0.1) is 17.6 Å². The summed E-state index contributed by atoms with van der Waals surface area (Å²) in [4.78, 5) is 8.84. The van der Waals surface area contributed by atoms with E-state index in [0.29, 0.717) is 22.9 Å². The molecular weight excluding hydrogens is 526 g/mol. The zero-order valence-electron chi connectivity index (χ0n) is 23.6. The third-order valence-electron chi connectivity index (χ3n) is 9.02. The lowest BCUT2D eigenvalue weighted by atomic mass is 9.74. The van der Waals surface area contributed by atoms with E-state index in [4.69, 9.17) is 15.2 Å². The molecule has 10 heteroatoms. The Morgan fingerprint density at radius 1 is 1.05 bits per heavy atom. The minimum absolute atomic E-state index is 0.0245. The molecule has 0 spiro atoms. The quantitative estimate of drug-likeness (QED) is 0.281. The number of methoxy groups -OCH3 is 2. The number of halogens is 2. The van der Waals surface area contributed by atoms with Gasteiger partial charge in [0, 0.05) is 26.5 Å². The van der Waals surface area contributed by atoms with Crippen molar-refractivity contribution in [2.24, 2.45) is 11.7 Å². The van der Waals surface area contributed by atoms with Crippen LogP contribution in [0.1, 0.15) is 62.5 Å². The fourth-order valence-corrected chi connectivity index (χ4v) is 6.95. The molecule has 3 heterocycles. The van der Waals surface area contributed by atoms with E-state index in [-0.39, 0.29) is 29.3 Å². The first-order chi connectivity index (χ1) is 19.8. The molecule has 1 aromatic carbocycles. The molecule has 41 heavy (non-hydrogen) atoms. The van der Waals surface area contributed by atoms with Crippen LogP contribution >= 0.6 is 0 Å². The third kappa shape index (κ3) is 4.98. The Morgan fingerprint density at radius 2 is 1.80 bits per heavy atom. The number of hydrogen-bond donors (Lipinski definition) is 2. The standard InChI is InChI=1S/C31H36F2N6O2/c1-18-12-19(13-25(34)29(18)40-2)22-8-11-35-17-27(22)37-30-36-16-21-6-7-26(38-39(21)30)28-23(32)14-20(15-24(28)33)31(41-3)9-4-5-10-31/h6-8,11,14-19,25,29H,4-5,9-10,12-13,34H2,1-3H3,(H,36,37)/t18-,19+,25+,29+/m0/s1. The van der Waals surface area contributed by atoms with Crippen LogP contribution in [0.15, 0.2) is 48.9 Å². The van der Waals surface area contributed by atoms with Crippen LogP contribution in [-0.4, -0.2) is 45.9 Å². The molecule has 4 aromatic rings. The van der Waals surface area contributed by atoms with Gasteiger partial charge >= 0.3 is 0 Å². The maximum atomic E-state index is 15.5. The van der Waals surface area contributed by atoms with Crippen LogP contribution in [-0.2, 0) is 15.1 Å². The zero-order chi connectivity index (χ0) is 28.7. The van der Waals surface area contributed by atoms with Gasteiger partial charge in [0.25, 0.3) is 0 Å². The van der Waals surface area contributed by atoms with Gasteiger partial charge in [-0.05, 0) is 79.0 Å². The summed E-state index contributed by atoms with van der Waals surface area (Å²) >= 11 is 0. The number of aromatic nitrogens is 4. The van der Waals surface area contributed by atoms with Gasteiger partial charge in [0.05, 0.1) is 46.6 Å². The van der Waals surface area contributed by atoms with E-state index >= 15 is 8.78 Å². The first-order valence-electron chi connectivity index (χ1n) is 14.2. The van der Waals surface area contributed by atoms with E-state index in [2.05, 4.69) is 27.3 Å². The predicted octanol–water partition coefficient (Wildman–Crippen LogP) is 6.08. The van der Waals surface area contributed by atoms with Crippen LogP contribution < -0.4 is 11.1 Å². The van der Waals surface area contributed by atoms with Crippen LogP contribution in [0.5, 0.6) is 0 Å². The molecule has 8 nitrogen and oxygen atoms in total. The molecule has 0 unspecified atom stereocenters. The highest BCUT2D eigenvalue weighted by Crippen LogP contribution is 2.43. The van der Waals surface area contributed by atoms with Gasteiger partial charge in [-0.3, -0.25) is 4.98 Å². The first-order valence-corrected chi connectivity index (χ1v) is 14.2. The summed E-state index contributed by atoms with van der Waals surface area (Å²) in [7, 11) is 3.31. The number of hydrogen-bond acceptors (Lipinski definition) is 7. The van der Waals surface area contributed by atoms with E-state index in [1.807, 2.05) is 6.07 Å². The van der Waals surface area contributed by atoms with Crippen LogP contribution in [0.25, 0.3) is 16.8 Å². The zero-order valence-corrected chi connectivity index (χ0v) is 23.6. The summed E-state index contributed by atoms with van der Waals surface area (Å²) in [6.07, 6.45) is 10.3. The lowest BCUT2D eigenvalue weighted by Gasteiger charge is -2.38. The molecule has 2 fully saturated rings. The summed E-state index contributed by atoms with van der Waals surface area (Å²) in [6, 6.07) is 8.05. The Labute approximate surface area is 238 Å². The molecule has 0 aliphatic heterocycles. The lowest BCUT2D eigenvalue weighted by molar-refractivity contribution is -0.00914. The topological polar surface area (TPSA) is 99.6 Å². The minimum Gasteiger partial charge on any atom is -0.380 e. The number of nitrogens with two attached hydrogens (primary N) is 1. The number of ether oxygens (including phenoxy) is 2. The number of imidazole rings is 1. The van der Waals surface area contributed by atoms with Crippen molar-refractivity contribution < 1.29 is 18.3 Å². The summed E-state index contributed by atoms with van der Waals surface area (Å²) in [5.74, 6) is -0.410. The molecule has 4 atom stereocenters. The number of anilines is 2. The molecule has 3 N–H and O–H groups in total. The van der Waals surface area contributed by atoms with E-state index in [1.54, 1.807) is 49.5 Å². The van der Waals surface area contributed by atoms with Crippen LogP contribution in [0.3, 0.4) is 0 Å². The Balaban J connectivity index is 1.32. The molecule has 0 radical (unpaired) electrons. The highest BCUT2D eigenvalue weighted by atomic mass is 19.1. The van der Waals surface area contributed by atoms with Crippen molar-refractivity contribution in [3.05, 3.63) is 71.7 Å². The Bertz CT molecular complexity index is 1520. The largest absolute Gasteiger partial charge is 0.380 e. The van der Waals surface area contributed by atoms with Gasteiger partial charge in [-0.1, -0.05) is 19.8 Å². The number of rotatable bonds is 7. The molecule has 2 aliphatic rings. The maximum Gasteiger partial charge on any atom is 0.229 e. The van der Waals surface area contributed by atoms with E-state index in [0.717, 1.165) is 49.8 Å². The minimum atomic E-state index is -0.670. The Hall–Kier alpha value is -3.47. The van der Waals surface area contributed by atoms with Gasteiger partial charge in [0.15, 0.2) is 0 Å². The van der Waals surface area contributed by atoms with Gasteiger partial charge in [0.1, 0.15) is 11.6 Å². The van der Waals surface area contributed by atoms with Crippen molar-refractivity contribution in [2.45, 2.75) is 69.1 Å². The lowest BCUT2D eigenvalue weighted by Crippen LogP contribution is -2.45. The average Bonchev–Trinajstić information content (AvgIpc) is 3.61. The maximum absolute atomic E-state index is 15.5. The second-order valence-electron chi connectivity index (χ2n) is 11.5. The molecule has 0 amide bonds. The third-order valence-corrected chi connectivity index (χ3v) is 9.02. The molecule has 3 aromatic heterocycles. The van der Waals surface area contributed by atoms with E-state index < -0.39 is 17.2 Å². The van der Waals surface area contributed by atoms with E-state index in [9.17, 15) is 0 Å². The molecule has 6 rings (SSSR count). The molecule has 0 bridgehead atoms. The molecule has 0 saturated heterocycles. The van der Waals surface area contributed by atoms with Gasteiger partial charge in [-0.25, -0.2) is 13.8 Å². The highest BCUT2D eigenvalue weighted by molar-refractivity contribution is 5.66. The highest BCUT2D eigenvalue weighted by Gasteiger charge is 2.37. The fourth-order valence-electron chi connectivity index (χ4n) is 6.95. The summed E-state index contributed by atoms with van der Waals surface area (Å²) < 4.78 is 43.9. The summed E-state index contributed by atoms with van der Waals surface area (Å²) in [6.45, 7) is 2.16. The molecule has 216 valence electrons.